The van der Waals surface area contributed by atoms with E-state index in [4.69, 9.17) is 21.1 Å². The number of hydrogen-bond acceptors (Lipinski definition) is 7. The van der Waals surface area contributed by atoms with Gasteiger partial charge in [-0.05, 0) is 69.3 Å². The van der Waals surface area contributed by atoms with Gasteiger partial charge >= 0.3 is 0 Å². The third kappa shape index (κ3) is 6.49. The maximum Gasteiger partial charge on any atom is 0.248 e. The molecule has 0 saturated heterocycles. The second-order valence-electron chi connectivity index (χ2n) is 10.2. The minimum atomic E-state index is -0.289. The Hall–Kier alpha value is -4.58. The number of anilines is 3. The summed E-state index contributed by atoms with van der Waals surface area (Å²) in [7, 11) is 3.85. The zero-order valence-electron chi connectivity index (χ0n) is 23.8. The van der Waals surface area contributed by atoms with Gasteiger partial charge < -0.3 is 25.0 Å². The standard InChI is InChI=1S/C33H32ClN5O3/c1-4-41-31-18-27-25(17-28(31)38-32(40)10-7-15-39(2)3)33(22(19-35)20-36-27)37-23-12-14-30(26(34)16-23)42-29-13-11-21-8-5-6-9-24(21)29/h5-10,12,14,16-18,20,29H,4,11,13,15H2,1-3H3,(H,36,37)(H,38,40). The topological polar surface area (TPSA) is 99.5 Å². The van der Waals surface area contributed by atoms with Gasteiger partial charge in [0.25, 0.3) is 0 Å². The van der Waals surface area contributed by atoms with E-state index in [-0.39, 0.29) is 12.0 Å². The van der Waals surface area contributed by atoms with Crippen molar-refractivity contribution in [2.24, 2.45) is 0 Å². The first-order valence-corrected chi connectivity index (χ1v) is 14.2. The molecule has 1 aliphatic rings. The van der Waals surface area contributed by atoms with Gasteiger partial charge in [0.2, 0.25) is 5.91 Å². The maximum atomic E-state index is 12.7. The predicted octanol–water partition coefficient (Wildman–Crippen LogP) is 7.02. The lowest BCUT2D eigenvalue weighted by Gasteiger charge is -2.18. The van der Waals surface area contributed by atoms with E-state index in [9.17, 15) is 10.1 Å². The Morgan fingerprint density at radius 1 is 1.19 bits per heavy atom. The minimum Gasteiger partial charge on any atom is -0.492 e. The van der Waals surface area contributed by atoms with Crippen LogP contribution in [-0.2, 0) is 11.2 Å². The number of halogens is 1. The van der Waals surface area contributed by atoms with Gasteiger partial charge in [-0.3, -0.25) is 9.78 Å². The Labute approximate surface area is 250 Å². The molecule has 0 bridgehead atoms. The molecule has 0 saturated carbocycles. The van der Waals surface area contributed by atoms with Gasteiger partial charge in [-0.1, -0.05) is 41.9 Å². The van der Waals surface area contributed by atoms with Crippen LogP contribution in [0.4, 0.5) is 17.1 Å². The summed E-state index contributed by atoms with van der Waals surface area (Å²) >= 11 is 6.68. The summed E-state index contributed by atoms with van der Waals surface area (Å²) in [5, 5.41) is 17.3. The van der Waals surface area contributed by atoms with Crippen LogP contribution in [0.3, 0.4) is 0 Å². The highest BCUT2D eigenvalue weighted by Crippen LogP contribution is 2.40. The van der Waals surface area contributed by atoms with Crippen molar-refractivity contribution >= 4 is 45.5 Å². The van der Waals surface area contributed by atoms with Crippen LogP contribution in [0.15, 0.2) is 72.9 Å². The van der Waals surface area contributed by atoms with Crippen LogP contribution in [0.2, 0.25) is 5.02 Å². The highest BCUT2D eigenvalue weighted by Gasteiger charge is 2.24. The van der Waals surface area contributed by atoms with Gasteiger partial charge in [-0.15, -0.1) is 0 Å². The first-order chi connectivity index (χ1) is 20.4. The second-order valence-corrected chi connectivity index (χ2v) is 10.6. The molecule has 1 atom stereocenters. The lowest BCUT2D eigenvalue weighted by atomic mass is 10.1. The van der Waals surface area contributed by atoms with E-state index < -0.39 is 0 Å². The van der Waals surface area contributed by atoms with Crippen molar-refractivity contribution < 1.29 is 14.3 Å². The number of nitrogens with one attached hydrogen (secondary N) is 2. The zero-order valence-corrected chi connectivity index (χ0v) is 24.5. The number of rotatable bonds is 10. The predicted molar refractivity (Wildman–Crippen MR) is 167 cm³/mol. The van der Waals surface area contributed by atoms with E-state index in [2.05, 4.69) is 33.8 Å². The van der Waals surface area contributed by atoms with Crippen molar-refractivity contribution in [3.05, 3.63) is 94.7 Å². The quantitative estimate of drug-likeness (QED) is 0.194. The number of pyridine rings is 1. The van der Waals surface area contributed by atoms with Gasteiger partial charge in [-0.25, -0.2) is 0 Å². The van der Waals surface area contributed by atoms with Crippen LogP contribution in [-0.4, -0.2) is 43.0 Å². The molecule has 0 radical (unpaired) electrons. The largest absolute Gasteiger partial charge is 0.492 e. The third-order valence-electron chi connectivity index (χ3n) is 6.94. The van der Waals surface area contributed by atoms with Gasteiger partial charge in [0.05, 0.1) is 34.1 Å². The summed E-state index contributed by atoms with van der Waals surface area (Å²) in [6, 6.07) is 19.5. The van der Waals surface area contributed by atoms with Crippen molar-refractivity contribution in [1.82, 2.24) is 9.88 Å². The summed E-state index contributed by atoms with van der Waals surface area (Å²) in [6.07, 6.45) is 6.61. The first-order valence-electron chi connectivity index (χ1n) is 13.8. The first kappa shape index (κ1) is 28.9. The molecule has 9 heteroatoms. The number of aromatic nitrogens is 1. The van der Waals surface area contributed by atoms with Crippen molar-refractivity contribution in [1.29, 1.82) is 5.26 Å². The number of benzene rings is 3. The molecule has 42 heavy (non-hydrogen) atoms. The van der Waals surface area contributed by atoms with Gasteiger partial charge in [0.15, 0.2) is 0 Å². The van der Waals surface area contributed by atoms with Crippen LogP contribution in [0.25, 0.3) is 10.9 Å². The van der Waals surface area contributed by atoms with Crippen LogP contribution < -0.4 is 20.1 Å². The SMILES string of the molecule is CCOc1cc2ncc(C#N)c(Nc3ccc(OC4CCc5ccccc54)c(Cl)c3)c2cc1NC(=O)C=CCN(C)C. The summed E-state index contributed by atoms with van der Waals surface area (Å²) in [5.74, 6) is 0.793. The number of aryl methyl sites for hydroxylation is 1. The highest BCUT2D eigenvalue weighted by atomic mass is 35.5. The minimum absolute atomic E-state index is 0.0438. The fourth-order valence-electron chi connectivity index (χ4n) is 4.97. The normalized spacial score (nSPS) is 14.1. The summed E-state index contributed by atoms with van der Waals surface area (Å²) < 4.78 is 12.1. The van der Waals surface area contributed by atoms with E-state index in [0.717, 1.165) is 12.8 Å². The zero-order chi connectivity index (χ0) is 29.6. The van der Waals surface area contributed by atoms with E-state index in [0.29, 0.717) is 63.2 Å². The molecule has 1 heterocycles. The van der Waals surface area contributed by atoms with Crippen molar-refractivity contribution in [2.45, 2.75) is 25.9 Å². The van der Waals surface area contributed by atoms with Crippen LogP contribution in [0, 0.1) is 11.3 Å². The molecule has 2 N–H and O–H groups in total. The lowest BCUT2D eigenvalue weighted by molar-refractivity contribution is -0.111. The third-order valence-corrected chi connectivity index (χ3v) is 7.23. The average molecular weight is 582 g/mol. The van der Waals surface area contributed by atoms with Crippen LogP contribution in [0.1, 0.15) is 36.1 Å². The summed E-state index contributed by atoms with van der Waals surface area (Å²) in [5.41, 5.74) is 5.13. The second kappa shape index (κ2) is 12.9. The van der Waals surface area contributed by atoms with Crippen molar-refractivity contribution in [3.8, 4) is 17.6 Å². The molecular formula is C33H32ClN5O3. The van der Waals surface area contributed by atoms with Gasteiger partial charge in [0.1, 0.15) is 23.7 Å². The van der Waals surface area contributed by atoms with E-state index in [1.807, 2.05) is 50.2 Å². The number of hydrogen-bond donors (Lipinski definition) is 2. The maximum absolute atomic E-state index is 12.7. The Morgan fingerprint density at radius 2 is 2.02 bits per heavy atom. The Balaban J connectivity index is 1.44. The Morgan fingerprint density at radius 3 is 2.79 bits per heavy atom. The molecule has 0 fully saturated rings. The smallest absolute Gasteiger partial charge is 0.248 e. The van der Waals surface area contributed by atoms with E-state index in [1.165, 1.54) is 23.4 Å². The number of amides is 1. The fraction of sp³-hybridized carbons (Fsp3) is 0.242. The number of ether oxygens (including phenoxy) is 2. The van der Waals surface area contributed by atoms with Crippen molar-refractivity contribution in [2.75, 3.05) is 37.9 Å². The number of nitrogens with zero attached hydrogens (tertiary/aromatic N) is 3. The number of carbonyl (C=O) groups is 1. The molecule has 0 spiro atoms. The summed E-state index contributed by atoms with van der Waals surface area (Å²) in [6.45, 7) is 2.91. The molecule has 214 valence electrons. The highest BCUT2D eigenvalue weighted by molar-refractivity contribution is 6.32. The van der Waals surface area contributed by atoms with Crippen LogP contribution >= 0.6 is 11.6 Å². The number of fused-ring (bicyclic) bond motifs is 2. The number of likely N-dealkylation sites (N-methyl/N-ethyl adjacent to an activating group) is 1. The molecule has 4 aromatic rings. The van der Waals surface area contributed by atoms with Gasteiger partial charge in [-0.2, -0.15) is 5.26 Å². The molecule has 0 aliphatic heterocycles. The molecule has 8 nitrogen and oxygen atoms in total. The number of nitriles is 1. The molecule has 1 amide bonds. The van der Waals surface area contributed by atoms with Gasteiger partial charge in [0, 0.05) is 36.0 Å². The molecule has 3 aromatic carbocycles. The molecule has 1 aliphatic carbocycles. The molecule has 1 aromatic heterocycles. The fourth-order valence-corrected chi connectivity index (χ4v) is 5.19. The Bertz CT molecular complexity index is 1700. The monoisotopic (exact) mass is 581 g/mol. The molecule has 1 unspecified atom stereocenters. The number of carbonyl (C=O) groups excluding carboxylic acids is 1. The summed E-state index contributed by atoms with van der Waals surface area (Å²) in [4.78, 5) is 19.1. The molecular weight excluding hydrogens is 550 g/mol. The van der Waals surface area contributed by atoms with E-state index in [1.54, 1.807) is 24.3 Å². The Kier molecular flexibility index (Phi) is 8.91. The molecule has 5 rings (SSSR count). The lowest BCUT2D eigenvalue weighted by Crippen LogP contribution is -2.13. The van der Waals surface area contributed by atoms with Crippen LogP contribution in [0.5, 0.6) is 11.5 Å². The van der Waals surface area contributed by atoms with E-state index >= 15 is 0 Å². The average Bonchev–Trinajstić information content (AvgIpc) is 3.38. The van der Waals surface area contributed by atoms with Crippen molar-refractivity contribution in [3.63, 3.8) is 0 Å².